The fourth-order valence-corrected chi connectivity index (χ4v) is 2.09. The van der Waals surface area contributed by atoms with Crippen molar-refractivity contribution in [1.82, 2.24) is 10.2 Å². The molecule has 1 aromatic rings. The molecule has 2 rings (SSSR count). The standard InChI is InChI=1S/C14H20N2O/c1-16(2)9-8-15-14(17)13-10-12(13)11-6-4-3-5-7-11/h3-7,12-13H,8-10H2,1-2H3,(H,15,17)/t12-,13+/m0/s1. The summed E-state index contributed by atoms with van der Waals surface area (Å²) in [6.45, 7) is 1.64. The van der Waals surface area contributed by atoms with Crippen LogP contribution in [0.25, 0.3) is 0 Å². The number of benzene rings is 1. The maximum atomic E-state index is 11.8. The van der Waals surface area contributed by atoms with Gasteiger partial charge in [0.2, 0.25) is 5.91 Å². The Morgan fingerprint density at radius 3 is 2.71 bits per heavy atom. The quantitative estimate of drug-likeness (QED) is 0.833. The Labute approximate surface area is 103 Å². The minimum atomic E-state index is 0.194. The molecule has 0 aromatic heterocycles. The van der Waals surface area contributed by atoms with Gasteiger partial charge in [-0.25, -0.2) is 0 Å². The zero-order chi connectivity index (χ0) is 12.3. The van der Waals surface area contributed by atoms with E-state index in [1.807, 2.05) is 32.3 Å². The summed E-state index contributed by atoms with van der Waals surface area (Å²) in [5.41, 5.74) is 1.29. The number of rotatable bonds is 5. The Bertz CT molecular complexity index is 375. The molecule has 0 aliphatic heterocycles. The summed E-state index contributed by atoms with van der Waals surface area (Å²) in [6, 6.07) is 10.3. The summed E-state index contributed by atoms with van der Waals surface area (Å²) in [5.74, 6) is 0.843. The van der Waals surface area contributed by atoms with Gasteiger partial charge in [0.1, 0.15) is 0 Å². The van der Waals surface area contributed by atoms with Crippen molar-refractivity contribution < 1.29 is 4.79 Å². The summed E-state index contributed by atoms with van der Waals surface area (Å²) in [7, 11) is 4.02. The van der Waals surface area contributed by atoms with Crippen LogP contribution in [0.5, 0.6) is 0 Å². The third-order valence-electron chi connectivity index (χ3n) is 3.21. The molecule has 1 aliphatic rings. The molecule has 1 saturated carbocycles. The molecular weight excluding hydrogens is 212 g/mol. The maximum Gasteiger partial charge on any atom is 0.223 e. The Morgan fingerprint density at radius 1 is 1.35 bits per heavy atom. The summed E-state index contributed by atoms with van der Waals surface area (Å²) in [4.78, 5) is 13.9. The molecule has 3 heteroatoms. The van der Waals surface area contributed by atoms with E-state index in [0.29, 0.717) is 5.92 Å². The van der Waals surface area contributed by atoms with E-state index < -0.39 is 0 Å². The molecule has 2 atom stereocenters. The van der Waals surface area contributed by atoms with Gasteiger partial charge < -0.3 is 10.2 Å². The zero-order valence-corrected chi connectivity index (χ0v) is 10.5. The molecule has 0 bridgehead atoms. The molecule has 1 fully saturated rings. The number of carbonyl (C=O) groups is 1. The second-order valence-electron chi connectivity index (χ2n) is 4.95. The number of hydrogen-bond donors (Lipinski definition) is 1. The molecule has 1 aromatic carbocycles. The van der Waals surface area contributed by atoms with Crippen LogP contribution in [0.4, 0.5) is 0 Å². The number of hydrogen-bond acceptors (Lipinski definition) is 2. The van der Waals surface area contributed by atoms with Gasteiger partial charge in [0, 0.05) is 19.0 Å². The lowest BCUT2D eigenvalue weighted by atomic mass is 10.1. The first-order valence-corrected chi connectivity index (χ1v) is 6.16. The van der Waals surface area contributed by atoms with E-state index in [4.69, 9.17) is 0 Å². The van der Waals surface area contributed by atoms with Gasteiger partial charge in [0.25, 0.3) is 0 Å². The lowest BCUT2D eigenvalue weighted by Crippen LogP contribution is -2.32. The van der Waals surface area contributed by atoms with Crippen LogP contribution in [-0.4, -0.2) is 38.0 Å². The summed E-state index contributed by atoms with van der Waals surface area (Å²) in [5, 5.41) is 3.00. The van der Waals surface area contributed by atoms with E-state index in [9.17, 15) is 4.79 Å². The van der Waals surface area contributed by atoms with Crippen LogP contribution in [0.3, 0.4) is 0 Å². The Kier molecular flexibility index (Phi) is 3.79. The SMILES string of the molecule is CN(C)CCNC(=O)[C@@H]1C[C@H]1c1ccccc1. The fraction of sp³-hybridized carbons (Fsp3) is 0.500. The van der Waals surface area contributed by atoms with Crippen molar-refractivity contribution in [3.8, 4) is 0 Å². The van der Waals surface area contributed by atoms with Gasteiger partial charge in [-0.3, -0.25) is 4.79 Å². The van der Waals surface area contributed by atoms with Crippen LogP contribution in [0.2, 0.25) is 0 Å². The third kappa shape index (κ3) is 3.30. The molecule has 0 spiro atoms. The Balaban J connectivity index is 1.77. The molecule has 0 unspecified atom stereocenters. The fourth-order valence-electron chi connectivity index (χ4n) is 2.09. The smallest absolute Gasteiger partial charge is 0.223 e. The molecule has 0 radical (unpaired) electrons. The van der Waals surface area contributed by atoms with Crippen LogP contribution >= 0.6 is 0 Å². The van der Waals surface area contributed by atoms with Crippen molar-refractivity contribution in [3.63, 3.8) is 0 Å². The first-order chi connectivity index (χ1) is 8.18. The first kappa shape index (κ1) is 12.1. The second kappa shape index (κ2) is 5.32. The normalized spacial score (nSPS) is 22.5. The number of amides is 1. The molecule has 17 heavy (non-hydrogen) atoms. The first-order valence-electron chi connectivity index (χ1n) is 6.16. The average molecular weight is 232 g/mol. The van der Waals surface area contributed by atoms with Gasteiger partial charge in [-0.05, 0) is 32.0 Å². The third-order valence-corrected chi connectivity index (χ3v) is 3.21. The number of carbonyl (C=O) groups excluding carboxylic acids is 1. The van der Waals surface area contributed by atoms with Crippen molar-refractivity contribution in [1.29, 1.82) is 0 Å². The van der Waals surface area contributed by atoms with Crippen LogP contribution < -0.4 is 5.32 Å². The summed E-state index contributed by atoms with van der Waals surface area (Å²) < 4.78 is 0. The van der Waals surface area contributed by atoms with Crippen LogP contribution in [0, 0.1) is 5.92 Å². The number of likely N-dealkylation sites (N-methyl/N-ethyl adjacent to an activating group) is 1. The van der Waals surface area contributed by atoms with Gasteiger partial charge in [-0.1, -0.05) is 30.3 Å². The predicted molar refractivity (Wildman–Crippen MR) is 68.9 cm³/mol. The molecule has 1 aliphatic carbocycles. The van der Waals surface area contributed by atoms with Gasteiger partial charge in [0.15, 0.2) is 0 Å². The number of nitrogens with one attached hydrogen (secondary N) is 1. The van der Waals surface area contributed by atoms with Crippen LogP contribution in [0.1, 0.15) is 17.9 Å². The topological polar surface area (TPSA) is 32.3 Å². The van der Waals surface area contributed by atoms with Gasteiger partial charge in [0.05, 0.1) is 0 Å². The highest BCUT2D eigenvalue weighted by Gasteiger charge is 2.43. The van der Waals surface area contributed by atoms with Gasteiger partial charge >= 0.3 is 0 Å². The highest BCUT2D eigenvalue weighted by Crippen LogP contribution is 2.47. The minimum absolute atomic E-state index is 0.194. The van der Waals surface area contributed by atoms with E-state index in [1.165, 1.54) is 5.56 Å². The lowest BCUT2D eigenvalue weighted by Gasteiger charge is -2.10. The number of nitrogens with zero attached hydrogens (tertiary/aromatic N) is 1. The highest BCUT2D eigenvalue weighted by molar-refractivity contribution is 5.82. The molecular formula is C14H20N2O. The predicted octanol–water partition coefficient (Wildman–Crippen LogP) is 1.47. The molecule has 1 amide bonds. The molecule has 92 valence electrons. The van der Waals surface area contributed by atoms with Crippen molar-refractivity contribution in [2.24, 2.45) is 5.92 Å². The highest BCUT2D eigenvalue weighted by atomic mass is 16.2. The molecule has 0 heterocycles. The van der Waals surface area contributed by atoms with Crippen molar-refractivity contribution >= 4 is 5.91 Å². The van der Waals surface area contributed by atoms with Crippen molar-refractivity contribution in [2.45, 2.75) is 12.3 Å². The van der Waals surface area contributed by atoms with Crippen molar-refractivity contribution in [2.75, 3.05) is 27.2 Å². The zero-order valence-electron chi connectivity index (χ0n) is 10.5. The van der Waals surface area contributed by atoms with Gasteiger partial charge in [-0.2, -0.15) is 0 Å². The monoisotopic (exact) mass is 232 g/mol. The molecule has 1 N–H and O–H groups in total. The van der Waals surface area contributed by atoms with E-state index in [0.717, 1.165) is 19.5 Å². The largest absolute Gasteiger partial charge is 0.355 e. The lowest BCUT2D eigenvalue weighted by molar-refractivity contribution is -0.122. The second-order valence-corrected chi connectivity index (χ2v) is 4.95. The van der Waals surface area contributed by atoms with Crippen LogP contribution in [0.15, 0.2) is 30.3 Å². The van der Waals surface area contributed by atoms with E-state index >= 15 is 0 Å². The summed E-state index contributed by atoms with van der Waals surface area (Å²) in [6.07, 6.45) is 0.998. The maximum absolute atomic E-state index is 11.8. The summed E-state index contributed by atoms with van der Waals surface area (Å²) >= 11 is 0. The van der Waals surface area contributed by atoms with Crippen LogP contribution in [-0.2, 0) is 4.79 Å². The average Bonchev–Trinajstić information content (AvgIpc) is 3.09. The van der Waals surface area contributed by atoms with E-state index in [1.54, 1.807) is 0 Å². The van der Waals surface area contributed by atoms with E-state index in [-0.39, 0.29) is 11.8 Å². The molecule has 0 saturated heterocycles. The Hall–Kier alpha value is -1.35. The van der Waals surface area contributed by atoms with Crippen molar-refractivity contribution in [3.05, 3.63) is 35.9 Å². The minimum Gasteiger partial charge on any atom is -0.355 e. The molecule has 3 nitrogen and oxygen atoms in total. The van der Waals surface area contributed by atoms with Gasteiger partial charge in [-0.15, -0.1) is 0 Å². The van der Waals surface area contributed by atoms with E-state index in [2.05, 4.69) is 22.3 Å². The Morgan fingerprint density at radius 2 is 2.06 bits per heavy atom.